The lowest BCUT2D eigenvalue weighted by molar-refractivity contribution is 0.0954. The molecule has 0 atom stereocenters. The average Bonchev–Trinajstić information content (AvgIpc) is 2.95. The second kappa shape index (κ2) is 8.18. The molecule has 0 aliphatic rings. The highest BCUT2D eigenvalue weighted by atomic mass is 32.1. The van der Waals surface area contributed by atoms with Crippen LogP contribution in [0, 0.1) is 12.7 Å². The number of benzene rings is 2. The van der Waals surface area contributed by atoms with Crippen molar-refractivity contribution in [1.82, 2.24) is 9.88 Å². The first-order valence-electron chi connectivity index (χ1n) is 8.33. The van der Waals surface area contributed by atoms with Gasteiger partial charge in [0.1, 0.15) is 16.4 Å². The summed E-state index contributed by atoms with van der Waals surface area (Å²) in [6, 6.07) is 13.4. The van der Waals surface area contributed by atoms with Gasteiger partial charge in [0.2, 0.25) is 0 Å². The van der Waals surface area contributed by atoms with Crippen molar-refractivity contribution in [2.45, 2.75) is 20.0 Å². The minimum atomic E-state index is -0.356. The van der Waals surface area contributed by atoms with E-state index >= 15 is 0 Å². The molecule has 0 bridgehead atoms. The SMILES string of the molecule is COc1ccc(CNC(=O)c2sc(=O)n(Cc3cccc(F)c3)c2C)cc1. The van der Waals surface area contributed by atoms with Gasteiger partial charge >= 0.3 is 4.87 Å². The molecule has 0 aliphatic heterocycles. The zero-order chi connectivity index (χ0) is 19.4. The lowest BCUT2D eigenvalue weighted by Gasteiger charge is -2.08. The Morgan fingerprint density at radius 3 is 2.59 bits per heavy atom. The van der Waals surface area contributed by atoms with Gasteiger partial charge in [0.05, 0.1) is 13.7 Å². The molecular formula is C20H19FN2O3S. The molecule has 0 aliphatic carbocycles. The molecule has 0 unspecified atom stereocenters. The van der Waals surface area contributed by atoms with E-state index in [9.17, 15) is 14.0 Å². The van der Waals surface area contributed by atoms with E-state index in [1.165, 1.54) is 16.7 Å². The minimum Gasteiger partial charge on any atom is -0.497 e. The molecule has 3 aromatic rings. The molecule has 0 fully saturated rings. The number of rotatable bonds is 6. The van der Waals surface area contributed by atoms with Gasteiger partial charge in [0, 0.05) is 12.2 Å². The highest BCUT2D eigenvalue weighted by Gasteiger charge is 2.17. The van der Waals surface area contributed by atoms with E-state index in [1.807, 2.05) is 24.3 Å². The number of nitrogens with one attached hydrogen (secondary N) is 1. The second-order valence-electron chi connectivity index (χ2n) is 6.03. The van der Waals surface area contributed by atoms with Gasteiger partial charge < -0.3 is 10.1 Å². The van der Waals surface area contributed by atoms with E-state index in [1.54, 1.807) is 26.2 Å². The highest BCUT2D eigenvalue weighted by molar-refractivity contribution is 7.11. The smallest absolute Gasteiger partial charge is 0.308 e. The fourth-order valence-corrected chi connectivity index (χ4v) is 3.60. The average molecular weight is 386 g/mol. The molecule has 1 amide bonds. The summed E-state index contributed by atoms with van der Waals surface area (Å²) in [5.41, 5.74) is 2.16. The molecule has 0 spiro atoms. The molecule has 2 aromatic carbocycles. The Hall–Kier alpha value is -2.93. The maximum atomic E-state index is 13.4. The molecule has 0 saturated heterocycles. The maximum absolute atomic E-state index is 13.4. The number of nitrogens with zero attached hydrogens (tertiary/aromatic N) is 1. The maximum Gasteiger partial charge on any atom is 0.308 e. The predicted octanol–water partition coefficient (Wildman–Crippen LogP) is 3.34. The normalized spacial score (nSPS) is 10.6. The molecule has 1 aromatic heterocycles. The number of methoxy groups -OCH3 is 1. The number of aromatic nitrogens is 1. The van der Waals surface area contributed by atoms with Gasteiger partial charge in [-0.05, 0) is 42.3 Å². The first-order chi connectivity index (χ1) is 13.0. The topological polar surface area (TPSA) is 60.3 Å². The third kappa shape index (κ3) is 4.43. The van der Waals surface area contributed by atoms with Crippen LogP contribution in [0.5, 0.6) is 5.75 Å². The molecule has 1 heterocycles. The van der Waals surface area contributed by atoms with E-state index in [-0.39, 0.29) is 23.1 Å². The zero-order valence-electron chi connectivity index (χ0n) is 15.0. The molecular weight excluding hydrogens is 367 g/mol. The Morgan fingerprint density at radius 1 is 1.19 bits per heavy atom. The van der Waals surface area contributed by atoms with Crippen molar-refractivity contribution in [3.05, 3.63) is 85.7 Å². The van der Waals surface area contributed by atoms with Crippen LogP contribution in [0.15, 0.2) is 53.3 Å². The van der Waals surface area contributed by atoms with Crippen molar-refractivity contribution in [1.29, 1.82) is 0 Å². The van der Waals surface area contributed by atoms with Gasteiger partial charge in [0.15, 0.2) is 0 Å². The van der Waals surface area contributed by atoms with Gasteiger partial charge in [-0.25, -0.2) is 4.39 Å². The number of halogens is 1. The van der Waals surface area contributed by atoms with Crippen LogP contribution in [0.4, 0.5) is 4.39 Å². The predicted molar refractivity (Wildman–Crippen MR) is 103 cm³/mol. The van der Waals surface area contributed by atoms with E-state index in [2.05, 4.69) is 5.32 Å². The summed E-state index contributed by atoms with van der Waals surface area (Å²) < 4.78 is 20.0. The van der Waals surface area contributed by atoms with Crippen LogP contribution in [0.25, 0.3) is 0 Å². The zero-order valence-corrected chi connectivity index (χ0v) is 15.8. The molecule has 27 heavy (non-hydrogen) atoms. The number of carbonyl (C=O) groups is 1. The standard InChI is InChI=1S/C20H19FN2O3S/c1-13-18(19(24)22-11-14-6-8-17(26-2)9-7-14)27-20(25)23(13)12-15-4-3-5-16(21)10-15/h3-10H,11-12H2,1-2H3,(H,22,24). The number of hydrogen-bond acceptors (Lipinski definition) is 4. The van der Waals surface area contributed by atoms with Crippen molar-refractivity contribution in [2.24, 2.45) is 0 Å². The fourth-order valence-electron chi connectivity index (χ4n) is 2.69. The quantitative estimate of drug-likeness (QED) is 0.707. The summed E-state index contributed by atoms with van der Waals surface area (Å²) in [6.45, 7) is 2.29. The van der Waals surface area contributed by atoms with Crippen molar-refractivity contribution in [2.75, 3.05) is 7.11 Å². The van der Waals surface area contributed by atoms with Gasteiger partial charge in [-0.1, -0.05) is 35.6 Å². The summed E-state index contributed by atoms with van der Waals surface area (Å²) in [5.74, 6) is 0.0860. The monoisotopic (exact) mass is 386 g/mol. The van der Waals surface area contributed by atoms with E-state index in [0.29, 0.717) is 22.7 Å². The number of thiazole rings is 1. The van der Waals surface area contributed by atoms with E-state index in [0.717, 1.165) is 22.6 Å². The first-order valence-corrected chi connectivity index (χ1v) is 9.15. The largest absolute Gasteiger partial charge is 0.497 e. The number of amides is 1. The van der Waals surface area contributed by atoms with Crippen molar-refractivity contribution in [3.8, 4) is 5.75 Å². The number of carbonyl (C=O) groups excluding carboxylic acids is 1. The minimum absolute atomic E-state index is 0.227. The Bertz CT molecular complexity index is 1010. The number of hydrogen-bond donors (Lipinski definition) is 1. The van der Waals surface area contributed by atoms with Crippen LogP contribution in [0.3, 0.4) is 0 Å². The summed E-state index contributed by atoms with van der Waals surface area (Å²) in [6.07, 6.45) is 0. The summed E-state index contributed by atoms with van der Waals surface area (Å²) in [5, 5.41) is 2.83. The second-order valence-corrected chi connectivity index (χ2v) is 6.99. The van der Waals surface area contributed by atoms with Crippen LogP contribution in [-0.4, -0.2) is 17.6 Å². The molecule has 0 radical (unpaired) electrons. The number of ether oxygens (including phenoxy) is 1. The Balaban J connectivity index is 1.72. The van der Waals surface area contributed by atoms with Crippen molar-refractivity contribution < 1.29 is 13.9 Å². The van der Waals surface area contributed by atoms with Crippen LogP contribution < -0.4 is 14.9 Å². The molecule has 3 rings (SSSR count). The van der Waals surface area contributed by atoms with E-state index in [4.69, 9.17) is 4.74 Å². The van der Waals surface area contributed by atoms with Gasteiger partial charge in [-0.15, -0.1) is 0 Å². The third-order valence-corrected chi connectivity index (χ3v) is 5.27. The first kappa shape index (κ1) is 18.8. The summed E-state index contributed by atoms with van der Waals surface area (Å²) in [7, 11) is 1.59. The molecule has 140 valence electrons. The molecule has 0 saturated carbocycles. The van der Waals surface area contributed by atoms with Crippen LogP contribution in [0.1, 0.15) is 26.5 Å². The Morgan fingerprint density at radius 2 is 1.93 bits per heavy atom. The lowest BCUT2D eigenvalue weighted by Crippen LogP contribution is -2.23. The van der Waals surface area contributed by atoms with Crippen LogP contribution in [-0.2, 0) is 13.1 Å². The van der Waals surface area contributed by atoms with Crippen molar-refractivity contribution in [3.63, 3.8) is 0 Å². The lowest BCUT2D eigenvalue weighted by atomic mass is 10.2. The summed E-state index contributed by atoms with van der Waals surface area (Å²) >= 11 is 0.895. The van der Waals surface area contributed by atoms with Gasteiger partial charge in [-0.3, -0.25) is 14.2 Å². The highest BCUT2D eigenvalue weighted by Crippen LogP contribution is 2.15. The van der Waals surface area contributed by atoms with Crippen LogP contribution >= 0.6 is 11.3 Å². The van der Waals surface area contributed by atoms with Crippen LogP contribution in [0.2, 0.25) is 0 Å². The molecule has 7 heteroatoms. The van der Waals surface area contributed by atoms with E-state index < -0.39 is 0 Å². The summed E-state index contributed by atoms with van der Waals surface area (Å²) in [4.78, 5) is 24.9. The van der Waals surface area contributed by atoms with Gasteiger partial charge in [0.25, 0.3) is 5.91 Å². The molecule has 5 nitrogen and oxygen atoms in total. The van der Waals surface area contributed by atoms with Crippen molar-refractivity contribution >= 4 is 17.2 Å². The molecule has 1 N–H and O–H groups in total. The van der Waals surface area contributed by atoms with Gasteiger partial charge in [-0.2, -0.15) is 0 Å². The Labute approximate surface area is 160 Å². The fraction of sp³-hybridized carbons (Fsp3) is 0.200. The Kier molecular flexibility index (Phi) is 5.71. The third-order valence-electron chi connectivity index (χ3n) is 4.19.